The lowest BCUT2D eigenvalue weighted by Gasteiger charge is -2.31. The molecule has 5 nitrogen and oxygen atoms in total. The fraction of sp³-hybridized carbons (Fsp3) is 0.750. The van der Waals surface area contributed by atoms with Crippen molar-refractivity contribution in [3.63, 3.8) is 0 Å². The molecule has 1 saturated heterocycles. The molecular weight excluding hydrogens is 282 g/mol. The number of nitrogens with zero attached hydrogens (tertiary/aromatic N) is 2. The Morgan fingerprint density at radius 3 is 2.84 bits per heavy atom. The highest BCUT2D eigenvalue weighted by Gasteiger charge is 2.41. The number of sulfonamides is 1. The molecular formula is C12H19N3O2S2. The summed E-state index contributed by atoms with van der Waals surface area (Å²) in [4.78, 5) is 6.57. The molecule has 2 fully saturated rings. The summed E-state index contributed by atoms with van der Waals surface area (Å²) in [6.07, 6.45) is 6.45. The minimum Gasteiger partial charge on any atom is -0.345 e. The van der Waals surface area contributed by atoms with Crippen molar-refractivity contribution in [3.8, 4) is 0 Å². The molecule has 2 heterocycles. The lowest BCUT2D eigenvalue weighted by Crippen LogP contribution is -2.34. The van der Waals surface area contributed by atoms with Crippen LogP contribution in [0.3, 0.4) is 0 Å². The van der Waals surface area contributed by atoms with Crippen molar-refractivity contribution in [2.75, 3.05) is 11.4 Å². The molecule has 106 valence electrons. The number of hydrogen-bond acceptors (Lipinski definition) is 5. The van der Waals surface area contributed by atoms with E-state index >= 15 is 0 Å². The molecule has 2 N–H and O–H groups in total. The predicted octanol–water partition coefficient (Wildman–Crippen LogP) is 1.81. The Balaban J connectivity index is 1.88. The normalized spacial score (nSPS) is 31.5. The minimum absolute atomic E-state index is 0.161. The second-order valence-corrected chi connectivity index (χ2v) is 8.45. The monoisotopic (exact) mass is 301 g/mol. The van der Waals surface area contributed by atoms with E-state index in [-0.39, 0.29) is 4.21 Å². The third kappa shape index (κ3) is 2.39. The van der Waals surface area contributed by atoms with Crippen LogP contribution in [0.25, 0.3) is 0 Å². The SMILES string of the molecule is CC1CN(c2ncc(S(N)(=O)=O)s2)C2CCCCC12. The summed E-state index contributed by atoms with van der Waals surface area (Å²) in [7, 11) is -3.63. The highest BCUT2D eigenvalue weighted by molar-refractivity contribution is 7.91. The average Bonchev–Trinajstić information content (AvgIpc) is 2.94. The van der Waals surface area contributed by atoms with Crippen LogP contribution < -0.4 is 10.0 Å². The van der Waals surface area contributed by atoms with Gasteiger partial charge in [-0.25, -0.2) is 18.5 Å². The van der Waals surface area contributed by atoms with Gasteiger partial charge >= 0.3 is 0 Å². The van der Waals surface area contributed by atoms with Crippen LogP contribution in [0.15, 0.2) is 10.4 Å². The van der Waals surface area contributed by atoms with Crippen molar-refractivity contribution in [3.05, 3.63) is 6.20 Å². The van der Waals surface area contributed by atoms with E-state index in [9.17, 15) is 8.42 Å². The third-order valence-electron chi connectivity index (χ3n) is 4.40. The fourth-order valence-electron chi connectivity index (χ4n) is 3.51. The highest BCUT2D eigenvalue weighted by atomic mass is 32.2. The van der Waals surface area contributed by atoms with Gasteiger partial charge in [0.25, 0.3) is 0 Å². The fourth-order valence-corrected chi connectivity index (χ4v) is 5.11. The van der Waals surface area contributed by atoms with E-state index in [0.29, 0.717) is 12.0 Å². The van der Waals surface area contributed by atoms with Crippen molar-refractivity contribution < 1.29 is 8.42 Å². The van der Waals surface area contributed by atoms with Crippen LogP contribution in [0.1, 0.15) is 32.6 Å². The second kappa shape index (κ2) is 4.71. The molecule has 0 radical (unpaired) electrons. The number of thiazole rings is 1. The van der Waals surface area contributed by atoms with Crippen LogP contribution in [-0.4, -0.2) is 26.0 Å². The van der Waals surface area contributed by atoms with Crippen LogP contribution >= 0.6 is 11.3 Å². The molecule has 2 aliphatic rings. The van der Waals surface area contributed by atoms with Gasteiger partial charge < -0.3 is 4.90 Å². The van der Waals surface area contributed by atoms with Crippen molar-refractivity contribution >= 4 is 26.5 Å². The topological polar surface area (TPSA) is 76.3 Å². The van der Waals surface area contributed by atoms with E-state index in [4.69, 9.17) is 5.14 Å². The molecule has 1 aromatic rings. The number of nitrogens with two attached hydrogens (primary N) is 1. The summed E-state index contributed by atoms with van der Waals surface area (Å²) >= 11 is 1.20. The molecule has 3 atom stereocenters. The van der Waals surface area contributed by atoms with Crippen molar-refractivity contribution in [1.82, 2.24) is 4.98 Å². The first-order chi connectivity index (χ1) is 8.97. The molecule has 0 spiro atoms. The number of anilines is 1. The quantitative estimate of drug-likeness (QED) is 0.903. The van der Waals surface area contributed by atoms with Crippen LogP contribution in [0, 0.1) is 11.8 Å². The van der Waals surface area contributed by atoms with E-state index in [1.54, 1.807) is 0 Å². The smallest absolute Gasteiger partial charge is 0.249 e. The van der Waals surface area contributed by atoms with Gasteiger partial charge in [-0.3, -0.25) is 0 Å². The molecule has 1 aliphatic heterocycles. The van der Waals surface area contributed by atoms with Gasteiger partial charge in [0.15, 0.2) is 9.34 Å². The largest absolute Gasteiger partial charge is 0.345 e. The lowest BCUT2D eigenvalue weighted by molar-refractivity contribution is 0.293. The zero-order valence-corrected chi connectivity index (χ0v) is 12.6. The molecule has 7 heteroatoms. The van der Waals surface area contributed by atoms with Gasteiger partial charge in [-0.05, 0) is 24.7 Å². The Morgan fingerprint density at radius 2 is 2.16 bits per heavy atom. The zero-order valence-electron chi connectivity index (χ0n) is 10.9. The first-order valence-corrected chi connectivity index (χ1v) is 9.08. The molecule has 0 aromatic carbocycles. The standard InChI is InChI=1S/C12H19N3O2S2/c1-8-7-15(10-5-3-2-4-9(8)10)12-14-6-11(18-12)19(13,16)17/h6,8-10H,2-5,7H2,1H3,(H2,13,16,17). The van der Waals surface area contributed by atoms with Gasteiger partial charge in [-0.15, -0.1) is 0 Å². The van der Waals surface area contributed by atoms with Crippen molar-refractivity contribution in [1.29, 1.82) is 0 Å². The molecule has 3 rings (SSSR count). The summed E-state index contributed by atoms with van der Waals surface area (Å²) in [5, 5.41) is 5.96. The Labute approximate surface area is 117 Å². The van der Waals surface area contributed by atoms with E-state index in [1.807, 2.05) is 0 Å². The Morgan fingerprint density at radius 1 is 1.42 bits per heavy atom. The van der Waals surface area contributed by atoms with Gasteiger partial charge in [0.2, 0.25) is 10.0 Å². The number of aromatic nitrogens is 1. The Bertz CT molecular complexity index is 569. The van der Waals surface area contributed by atoms with Crippen LogP contribution in [-0.2, 0) is 10.0 Å². The maximum absolute atomic E-state index is 11.3. The number of fused-ring (bicyclic) bond motifs is 1. The van der Waals surface area contributed by atoms with Crippen LogP contribution in [0.2, 0.25) is 0 Å². The average molecular weight is 301 g/mol. The first-order valence-electron chi connectivity index (χ1n) is 6.72. The van der Waals surface area contributed by atoms with E-state index < -0.39 is 10.0 Å². The summed E-state index contributed by atoms with van der Waals surface area (Å²) < 4.78 is 22.8. The lowest BCUT2D eigenvalue weighted by atomic mass is 9.80. The highest BCUT2D eigenvalue weighted by Crippen LogP contribution is 2.43. The van der Waals surface area contributed by atoms with Gasteiger partial charge in [0.1, 0.15) is 0 Å². The number of rotatable bonds is 2. The third-order valence-corrected chi connectivity index (χ3v) is 6.84. The van der Waals surface area contributed by atoms with E-state index in [1.165, 1.54) is 43.2 Å². The van der Waals surface area contributed by atoms with E-state index in [2.05, 4.69) is 16.8 Å². The summed E-state index contributed by atoms with van der Waals surface area (Å²) in [5.74, 6) is 1.39. The molecule has 0 amide bonds. The van der Waals surface area contributed by atoms with Gasteiger partial charge in [-0.2, -0.15) is 0 Å². The molecule has 1 aliphatic carbocycles. The Hall–Kier alpha value is -0.660. The number of hydrogen-bond donors (Lipinski definition) is 1. The van der Waals surface area contributed by atoms with Gasteiger partial charge in [-0.1, -0.05) is 31.1 Å². The predicted molar refractivity (Wildman–Crippen MR) is 75.7 cm³/mol. The van der Waals surface area contributed by atoms with Crippen molar-refractivity contribution in [2.45, 2.75) is 42.9 Å². The van der Waals surface area contributed by atoms with Crippen LogP contribution in [0.4, 0.5) is 5.13 Å². The van der Waals surface area contributed by atoms with Gasteiger partial charge in [0.05, 0.1) is 6.20 Å². The second-order valence-electron chi connectivity index (χ2n) is 5.65. The van der Waals surface area contributed by atoms with E-state index in [0.717, 1.165) is 17.6 Å². The molecule has 0 bridgehead atoms. The molecule has 1 aromatic heterocycles. The number of primary sulfonamides is 1. The summed E-state index contributed by atoms with van der Waals surface area (Å²) in [5.41, 5.74) is 0. The molecule has 3 unspecified atom stereocenters. The first kappa shape index (κ1) is 13.3. The van der Waals surface area contributed by atoms with Crippen LogP contribution in [0.5, 0.6) is 0 Å². The van der Waals surface area contributed by atoms with Gasteiger partial charge in [0, 0.05) is 12.6 Å². The maximum atomic E-state index is 11.3. The maximum Gasteiger partial charge on any atom is 0.249 e. The molecule has 1 saturated carbocycles. The summed E-state index contributed by atoms with van der Waals surface area (Å²) in [6.45, 7) is 3.27. The Kier molecular flexibility index (Phi) is 3.31. The summed E-state index contributed by atoms with van der Waals surface area (Å²) in [6, 6.07) is 0.531. The van der Waals surface area contributed by atoms with Crippen molar-refractivity contribution in [2.24, 2.45) is 17.0 Å². The minimum atomic E-state index is -3.63. The zero-order chi connectivity index (χ0) is 13.6. The molecule has 19 heavy (non-hydrogen) atoms.